The maximum atomic E-state index is 12.3. The van der Waals surface area contributed by atoms with Crippen molar-refractivity contribution < 1.29 is 21.9 Å². The van der Waals surface area contributed by atoms with Gasteiger partial charge >= 0.3 is 6.61 Å². The maximum absolute atomic E-state index is 12.3. The van der Waals surface area contributed by atoms with E-state index in [9.17, 15) is 17.2 Å². The van der Waals surface area contributed by atoms with Crippen molar-refractivity contribution >= 4 is 15.8 Å². The molecule has 0 aliphatic rings. The molecule has 2 N–H and O–H groups in total. The highest BCUT2D eigenvalue weighted by molar-refractivity contribution is 7.89. The summed E-state index contributed by atoms with van der Waals surface area (Å²) in [5.74, 6) is 0.0880. The Hall–Kier alpha value is -2.33. The average molecular weight is 344 g/mol. The zero-order valence-corrected chi connectivity index (χ0v) is 12.6. The number of hydrogen-bond acceptors (Lipinski definition) is 6. The van der Waals surface area contributed by atoms with E-state index in [4.69, 9.17) is 0 Å². The third-order valence-corrected chi connectivity index (χ3v) is 4.14. The van der Waals surface area contributed by atoms with Crippen molar-refractivity contribution in [1.82, 2.24) is 14.7 Å². The Bertz CT molecular complexity index is 729. The van der Waals surface area contributed by atoms with E-state index in [2.05, 4.69) is 24.7 Å². The van der Waals surface area contributed by atoms with Crippen molar-refractivity contribution in [3.8, 4) is 5.75 Å². The molecule has 0 aliphatic carbocycles. The minimum atomic E-state index is -3.98. The molecule has 2 aromatic rings. The summed E-state index contributed by atoms with van der Waals surface area (Å²) in [6.07, 6.45) is 4.48. The van der Waals surface area contributed by atoms with Crippen molar-refractivity contribution in [2.45, 2.75) is 11.5 Å². The molecule has 0 atom stereocenters. The van der Waals surface area contributed by atoms with Gasteiger partial charge in [0.15, 0.2) is 0 Å². The molecule has 0 amide bonds. The number of nitrogens with one attached hydrogen (secondary N) is 2. The Balaban J connectivity index is 1.96. The summed E-state index contributed by atoms with van der Waals surface area (Å²) in [4.78, 5) is 7.46. The third-order valence-electron chi connectivity index (χ3n) is 2.64. The molecule has 0 unspecified atom stereocenters. The minimum absolute atomic E-state index is 0.0297. The Morgan fingerprint density at radius 3 is 2.65 bits per heavy atom. The molecule has 0 spiro atoms. The van der Waals surface area contributed by atoms with Crippen molar-refractivity contribution in [1.29, 1.82) is 0 Å². The van der Waals surface area contributed by atoms with Crippen LogP contribution in [0.4, 0.5) is 14.6 Å². The van der Waals surface area contributed by atoms with Crippen LogP contribution in [0.25, 0.3) is 0 Å². The van der Waals surface area contributed by atoms with Gasteiger partial charge in [-0.15, -0.1) is 0 Å². The van der Waals surface area contributed by atoms with Crippen LogP contribution in [0.15, 0.2) is 47.8 Å². The molecule has 1 aromatic heterocycles. The highest BCUT2D eigenvalue weighted by atomic mass is 32.2. The largest absolute Gasteiger partial charge is 0.433 e. The molecule has 0 saturated heterocycles. The van der Waals surface area contributed by atoms with Crippen molar-refractivity contribution in [3.63, 3.8) is 0 Å². The van der Waals surface area contributed by atoms with E-state index in [0.717, 1.165) is 0 Å². The zero-order chi connectivity index (χ0) is 16.7. The minimum Gasteiger partial charge on any atom is -0.433 e. The molecular weight excluding hydrogens is 330 g/mol. The number of alkyl halides is 2. The van der Waals surface area contributed by atoms with Gasteiger partial charge in [-0.2, -0.15) is 8.78 Å². The van der Waals surface area contributed by atoms with Gasteiger partial charge in [0.1, 0.15) is 16.5 Å². The van der Waals surface area contributed by atoms with Gasteiger partial charge in [0.25, 0.3) is 0 Å². The summed E-state index contributed by atoms with van der Waals surface area (Å²) in [7, 11) is -3.98. The summed E-state index contributed by atoms with van der Waals surface area (Å²) in [6.45, 7) is -2.83. The number of nitrogens with zero attached hydrogens (tertiary/aromatic N) is 2. The lowest BCUT2D eigenvalue weighted by atomic mass is 10.3. The first kappa shape index (κ1) is 17.0. The molecule has 1 heterocycles. The molecule has 1 aromatic carbocycles. The number of rotatable bonds is 8. The highest BCUT2D eigenvalue weighted by Gasteiger charge is 2.20. The van der Waals surface area contributed by atoms with E-state index in [-0.39, 0.29) is 18.0 Å². The predicted molar refractivity (Wildman–Crippen MR) is 78.8 cm³/mol. The Kier molecular flexibility index (Phi) is 5.77. The fourth-order valence-electron chi connectivity index (χ4n) is 1.71. The molecule has 124 valence electrons. The van der Waals surface area contributed by atoms with Crippen LogP contribution in [0.1, 0.15) is 0 Å². The Morgan fingerprint density at radius 2 is 1.96 bits per heavy atom. The van der Waals surface area contributed by atoms with Crippen LogP contribution >= 0.6 is 0 Å². The standard InChI is InChI=1S/C13H14F2N4O3S/c14-13(15)22-10-3-1-2-4-11(10)23(20,21)19-8-7-18-12-9-16-5-6-17-12/h1-6,9,13,19H,7-8H2,(H,17,18). The van der Waals surface area contributed by atoms with E-state index in [1.807, 2.05) is 0 Å². The quantitative estimate of drug-likeness (QED) is 0.705. The number of benzene rings is 1. The molecule has 7 nitrogen and oxygen atoms in total. The lowest BCUT2D eigenvalue weighted by Gasteiger charge is -2.12. The second kappa shape index (κ2) is 7.79. The van der Waals surface area contributed by atoms with Gasteiger partial charge in [-0.25, -0.2) is 18.1 Å². The van der Waals surface area contributed by atoms with Crippen LogP contribution in [-0.2, 0) is 10.0 Å². The number of aromatic nitrogens is 2. The van der Waals surface area contributed by atoms with E-state index >= 15 is 0 Å². The summed E-state index contributed by atoms with van der Waals surface area (Å²) in [6, 6.07) is 5.19. The van der Waals surface area contributed by atoms with Crippen LogP contribution in [-0.4, -0.2) is 38.1 Å². The van der Waals surface area contributed by atoms with Gasteiger partial charge in [-0.05, 0) is 12.1 Å². The average Bonchev–Trinajstić information content (AvgIpc) is 2.52. The zero-order valence-electron chi connectivity index (χ0n) is 11.8. The monoisotopic (exact) mass is 344 g/mol. The van der Waals surface area contributed by atoms with Gasteiger partial charge in [-0.3, -0.25) is 4.98 Å². The van der Waals surface area contributed by atoms with Crippen LogP contribution in [0, 0.1) is 0 Å². The summed E-state index contributed by atoms with van der Waals surface area (Å²) < 4.78 is 55.5. The van der Waals surface area contributed by atoms with Gasteiger partial charge in [0.2, 0.25) is 10.0 Å². The molecule has 0 bridgehead atoms. The fraction of sp³-hybridized carbons (Fsp3) is 0.231. The van der Waals surface area contributed by atoms with E-state index < -0.39 is 22.4 Å². The number of anilines is 1. The number of para-hydroxylation sites is 1. The van der Waals surface area contributed by atoms with Gasteiger partial charge in [0, 0.05) is 25.5 Å². The first-order chi connectivity index (χ1) is 11.0. The predicted octanol–water partition coefficient (Wildman–Crippen LogP) is 1.47. The Labute approximate surface area is 131 Å². The molecule has 23 heavy (non-hydrogen) atoms. The van der Waals surface area contributed by atoms with Crippen LogP contribution < -0.4 is 14.8 Å². The Morgan fingerprint density at radius 1 is 1.17 bits per heavy atom. The number of ether oxygens (including phenoxy) is 1. The van der Waals surface area contributed by atoms with Crippen molar-refractivity contribution in [3.05, 3.63) is 42.9 Å². The molecule has 2 rings (SSSR count). The van der Waals surface area contributed by atoms with Crippen LogP contribution in [0.2, 0.25) is 0 Å². The normalized spacial score (nSPS) is 11.4. The van der Waals surface area contributed by atoms with Crippen LogP contribution in [0.5, 0.6) is 5.75 Å². The topological polar surface area (TPSA) is 93.2 Å². The maximum Gasteiger partial charge on any atom is 0.387 e. The first-order valence-corrected chi connectivity index (χ1v) is 8.01. The lowest BCUT2D eigenvalue weighted by Crippen LogP contribution is -2.29. The second-order valence-electron chi connectivity index (χ2n) is 4.24. The van der Waals surface area contributed by atoms with Crippen LogP contribution in [0.3, 0.4) is 0 Å². The van der Waals surface area contributed by atoms with Gasteiger partial charge in [-0.1, -0.05) is 12.1 Å². The molecule has 0 fully saturated rings. The smallest absolute Gasteiger partial charge is 0.387 e. The first-order valence-electron chi connectivity index (χ1n) is 6.52. The highest BCUT2D eigenvalue weighted by Crippen LogP contribution is 2.24. The van der Waals surface area contributed by atoms with Gasteiger partial charge in [0.05, 0.1) is 6.20 Å². The lowest BCUT2D eigenvalue weighted by molar-refractivity contribution is -0.0517. The molecule has 0 saturated carbocycles. The number of halogens is 2. The molecule has 0 aliphatic heterocycles. The number of sulfonamides is 1. The summed E-state index contributed by atoms with van der Waals surface area (Å²) in [5.41, 5.74) is 0. The molecule has 0 radical (unpaired) electrons. The van der Waals surface area contributed by atoms with Crippen molar-refractivity contribution in [2.24, 2.45) is 0 Å². The fourth-order valence-corrected chi connectivity index (χ4v) is 2.87. The third kappa shape index (κ3) is 5.11. The van der Waals surface area contributed by atoms with Gasteiger partial charge < -0.3 is 10.1 Å². The summed E-state index contributed by atoms with van der Waals surface area (Å²) >= 11 is 0. The van der Waals surface area contributed by atoms with E-state index in [1.54, 1.807) is 0 Å². The SMILES string of the molecule is O=S(=O)(NCCNc1cnccn1)c1ccccc1OC(F)F. The molecule has 10 heteroatoms. The summed E-state index contributed by atoms with van der Waals surface area (Å²) in [5, 5.41) is 2.86. The number of hydrogen-bond donors (Lipinski definition) is 2. The van der Waals surface area contributed by atoms with E-state index in [1.165, 1.54) is 42.9 Å². The molecular formula is C13H14F2N4O3S. The van der Waals surface area contributed by atoms with Crippen molar-refractivity contribution in [2.75, 3.05) is 18.4 Å². The second-order valence-corrected chi connectivity index (χ2v) is 5.98. The van der Waals surface area contributed by atoms with E-state index in [0.29, 0.717) is 5.82 Å².